The highest BCUT2D eigenvalue weighted by molar-refractivity contribution is 5.95. The highest BCUT2D eigenvalue weighted by atomic mass is 19.1. The van der Waals surface area contributed by atoms with Gasteiger partial charge in [-0.1, -0.05) is 24.3 Å². The number of nitrogens with one attached hydrogen (secondary N) is 1. The van der Waals surface area contributed by atoms with Crippen molar-refractivity contribution in [3.05, 3.63) is 65.5 Å². The molecule has 2 aromatic carbocycles. The van der Waals surface area contributed by atoms with E-state index in [9.17, 15) is 14.0 Å². The molecule has 23 heavy (non-hydrogen) atoms. The van der Waals surface area contributed by atoms with Crippen LogP contribution in [0.4, 0.5) is 4.39 Å². The van der Waals surface area contributed by atoms with E-state index in [2.05, 4.69) is 5.32 Å². The molecule has 0 saturated carbocycles. The topological polar surface area (TPSA) is 81.4 Å². The molecule has 3 N–H and O–H groups in total. The molecule has 0 aliphatic rings. The van der Waals surface area contributed by atoms with Crippen LogP contribution >= 0.6 is 0 Å². The number of primary amides is 1. The number of rotatable bonds is 6. The first-order valence-electron chi connectivity index (χ1n) is 7.04. The largest absolute Gasteiger partial charge is 0.483 e. The molecule has 0 bridgehead atoms. The lowest BCUT2D eigenvalue weighted by Crippen LogP contribution is -2.31. The molecule has 1 atom stereocenters. The van der Waals surface area contributed by atoms with Gasteiger partial charge in [0.1, 0.15) is 11.6 Å². The molecule has 6 heteroatoms. The maximum atomic E-state index is 12.9. The van der Waals surface area contributed by atoms with E-state index in [-0.39, 0.29) is 35.7 Å². The summed E-state index contributed by atoms with van der Waals surface area (Å²) in [7, 11) is 0. The van der Waals surface area contributed by atoms with Crippen LogP contribution in [0.1, 0.15) is 28.9 Å². The summed E-state index contributed by atoms with van der Waals surface area (Å²) in [6.45, 7) is 1.53. The summed E-state index contributed by atoms with van der Waals surface area (Å²) in [5.41, 5.74) is 6.23. The molecule has 0 spiro atoms. The summed E-state index contributed by atoms with van der Waals surface area (Å²) < 4.78 is 18.2. The third kappa shape index (κ3) is 4.54. The zero-order valence-electron chi connectivity index (χ0n) is 12.6. The number of hydrogen-bond donors (Lipinski definition) is 2. The summed E-state index contributed by atoms with van der Waals surface area (Å²) in [5.74, 6) is -1.06. The third-order valence-electron chi connectivity index (χ3n) is 3.26. The van der Waals surface area contributed by atoms with Gasteiger partial charge in [0.25, 0.3) is 11.8 Å². The lowest BCUT2D eigenvalue weighted by atomic mass is 10.1. The molecule has 0 heterocycles. The summed E-state index contributed by atoms with van der Waals surface area (Å²) in [6.07, 6.45) is 0. The highest BCUT2D eigenvalue weighted by Gasteiger charge is 2.13. The van der Waals surface area contributed by atoms with Gasteiger partial charge in [-0.2, -0.15) is 0 Å². The van der Waals surface area contributed by atoms with Crippen LogP contribution < -0.4 is 15.8 Å². The molecule has 0 unspecified atom stereocenters. The number of nitrogens with two attached hydrogens (primary N) is 1. The summed E-state index contributed by atoms with van der Waals surface area (Å²) >= 11 is 0. The zero-order chi connectivity index (χ0) is 16.8. The Kier molecular flexibility index (Phi) is 5.30. The van der Waals surface area contributed by atoms with Crippen molar-refractivity contribution in [1.29, 1.82) is 0 Å². The lowest BCUT2D eigenvalue weighted by Gasteiger charge is -2.15. The average Bonchev–Trinajstić information content (AvgIpc) is 2.53. The van der Waals surface area contributed by atoms with Gasteiger partial charge in [-0.15, -0.1) is 0 Å². The molecule has 2 rings (SSSR count). The van der Waals surface area contributed by atoms with E-state index in [1.165, 1.54) is 18.2 Å². The maximum absolute atomic E-state index is 12.9. The number of amides is 2. The Balaban J connectivity index is 1.93. The average molecular weight is 316 g/mol. The van der Waals surface area contributed by atoms with Crippen molar-refractivity contribution in [3.63, 3.8) is 0 Å². The van der Waals surface area contributed by atoms with Crippen LogP contribution in [0.2, 0.25) is 0 Å². The summed E-state index contributed by atoms with van der Waals surface area (Å²) in [5, 5.41) is 2.73. The van der Waals surface area contributed by atoms with Gasteiger partial charge in [0.05, 0.1) is 11.6 Å². The van der Waals surface area contributed by atoms with Crippen molar-refractivity contribution in [2.75, 3.05) is 6.61 Å². The van der Waals surface area contributed by atoms with Gasteiger partial charge >= 0.3 is 0 Å². The fourth-order valence-electron chi connectivity index (χ4n) is 2.06. The second-order valence-electron chi connectivity index (χ2n) is 4.99. The Bertz CT molecular complexity index is 701. The Morgan fingerprint density at radius 2 is 1.83 bits per heavy atom. The van der Waals surface area contributed by atoms with Crippen molar-refractivity contribution >= 4 is 11.8 Å². The molecule has 2 amide bonds. The normalized spacial score (nSPS) is 11.6. The number of carbonyl (C=O) groups is 2. The molecule has 0 aliphatic heterocycles. The molecule has 0 aliphatic carbocycles. The number of carbonyl (C=O) groups excluding carboxylic acids is 2. The molecule has 0 fully saturated rings. The summed E-state index contributed by atoms with van der Waals surface area (Å²) in [6, 6.07) is 12.0. The second kappa shape index (κ2) is 7.40. The first kappa shape index (κ1) is 16.5. The van der Waals surface area contributed by atoms with Crippen molar-refractivity contribution in [2.24, 2.45) is 5.73 Å². The lowest BCUT2D eigenvalue weighted by molar-refractivity contribution is -0.123. The van der Waals surface area contributed by atoms with E-state index in [4.69, 9.17) is 10.5 Å². The molecule has 0 saturated heterocycles. The zero-order valence-corrected chi connectivity index (χ0v) is 12.6. The maximum Gasteiger partial charge on any atom is 0.258 e. The van der Waals surface area contributed by atoms with Gasteiger partial charge in [0, 0.05) is 0 Å². The van der Waals surface area contributed by atoms with E-state index in [1.54, 1.807) is 37.3 Å². The molecular formula is C17H17FN2O3. The van der Waals surface area contributed by atoms with E-state index in [0.717, 1.165) is 5.56 Å². The van der Waals surface area contributed by atoms with E-state index in [1.807, 2.05) is 0 Å². The standard InChI is InChI=1S/C17H17FN2O3/c1-11(12-6-8-13(18)9-7-12)20-16(21)10-23-15-5-3-2-4-14(15)17(19)22/h2-9,11H,10H2,1H3,(H2,19,22)(H,20,21)/t11-/m0/s1. The quantitative estimate of drug-likeness (QED) is 0.857. The number of halogens is 1. The Hall–Kier alpha value is -2.89. The van der Waals surface area contributed by atoms with Crippen molar-refractivity contribution in [1.82, 2.24) is 5.32 Å². The Morgan fingerprint density at radius 1 is 1.17 bits per heavy atom. The number of ether oxygens (including phenoxy) is 1. The fourth-order valence-corrected chi connectivity index (χ4v) is 2.06. The molecular weight excluding hydrogens is 299 g/mol. The van der Waals surface area contributed by atoms with Crippen LogP contribution in [-0.2, 0) is 4.79 Å². The van der Waals surface area contributed by atoms with Crippen LogP contribution in [0.15, 0.2) is 48.5 Å². The van der Waals surface area contributed by atoms with Gasteiger partial charge in [0.2, 0.25) is 0 Å². The van der Waals surface area contributed by atoms with Crippen molar-refractivity contribution in [3.8, 4) is 5.75 Å². The van der Waals surface area contributed by atoms with Gasteiger partial charge in [-0.25, -0.2) is 4.39 Å². The molecule has 120 valence electrons. The molecule has 5 nitrogen and oxygen atoms in total. The SMILES string of the molecule is C[C@H](NC(=O)COc1ccccc1C(N)=O)c1ccc(F)cc1. The number of para-hydroxylation sites is 1. The number of benzene rings is 2. The molecule has 0 aromatic heterocycles. The summed E-state index contributed by atoms with van der Waals surface area (Å²) in [4.78, 5) is 23.2. The van der Waals surface area contributed by atoms with E-state index in [0.29, 0.717) is 0 Å². The molecule has 2 aromatic rings. The monoisotopic (exact) mass is 316 g/mol. The smallest absolute Gasteiger partial charge is 0.258 e. The predicted octanol–water partition coefficient (Wildman–Crippen LogP) is 2.18. The Labute approximate surface area is 133 Å². The third-order valence-corrected chi connectivity index (χ3v) is 3.26. The Morgan fingerprint density at radius 3 is 2.48 bits per heavy atom. The molecule has 0 radical (unpaired) electrons. The highest BCUT2D eigenvalue weighted by Crippen LogP contribution is 2.17. The van der Waals surface area contributed by atoms with E-state index >= 15 is 0 Å². The minimum atomic E-state index is -0.624. The first-order valence-corrected chi connectivity index (χ1v) is 7.04. The predicted molar refractivity (Wildman–Crippen MR) is 83.4 cm³/mol. The van der Waals surface area contributed by atoms with Crippen molar-refractivity contribution in [2.45, 2.75) is 13.0 Å². The van der Waals surface area contributed by atoms with Crippen molar-refractivity contribution < 1.29 is 18.7 Å². The van der Waals surface area contributed by atoms with E-state index < -0.39 is 5.91 Å². The van der Waals surface area contributed by atoms with Crippen LogP contribution in [0.5, 0.6) is 5.75 Å². The van der Waals surface area contributed by atoms with Crippen LogP contribution in [-0.4, -0.2) is 18.4 Å². The van der Waals surface area contributed by atoms with Crippen LogP contribution in [0, 0.1) is 5.82 Å². The van der Waals surface area contributed by atoms with Gasteiger partial charge < -0.3 is 15.8 Å². The van der Waals surface area contributed by atoms with Crippen LogP contribution in [0.3, 0.4) is 0 Å². The van der Waals surface area contributed by atoms with Gasteiger partial charge in [-0.3, -0.25) is 9.59 Å². The minimum absolute atomic E-state index is 0.215. The number of hydrogen-bond acceptors (Lipinski definition) is 3. The fraction of sp³-hybridized carbons (Fsp3) is 0.176. The van der Waals surface area contributed by atoms with Gasteiger partial charge in [-0.05, 0) is 36.8 Å². The minimum Gasteiger partial charge on any atom is -0.483 e. The second-order valence-corrected chi connectivity index (χ2v) is 4.99. The van der Waals surface area contributed by atoms with Gasteiger partial charge in [0.15, 0.2) is 6.61 Å². The first-order chi connectivity index (χ1) is 11.0. The van der Waals surface area contributed by atoms with Crippen LogP contribution in [0.25, 0.3) is 0 Å².